The number of fused-ring (bicyclic) bond motifs is 1. The van der Waals surface area contributed by atoms with Crippen molar-refractivity contribution in [1.29, 1.82) is 0 Å². The molecular formula is C21H27N3O3. The fourth-order valence-electron chi connectivity index (χ4n) is 3.95. The lowest BCUT2D eigenvalue weighted by Gasteiger charge is -2.15. The normalized spacial score (nSPS) is 18.5. The molecule has 1 aromatic heterocycles. The predicted molar refractivity (Wildman–Crippen MR) is 103 cm³/mol. The molecule has 0 amide bonds. The summed E-state index contributed by atoms with van der Waals surface area (Å²) in [5.74, 6) is 2.80. The maximum atomic E-state index is 5.62. The maximum absolute atomic E-state index is 5.62. The minimum atomic E-state index is 0.332. The zero-order valence-corrected chi connectivity index (χ0v) is 16.1. The van der Waals surface area contributed by atoms with Crippen LogP contribution in [-0.4, -0.2) is 37.4 Å². The van der Waals surface area contributed by atoms with Crippen LogP contribution in [0, 0.1) is 0 Å². The van der Waals surface area contributed by atoms with Gasteiger partial charge in [0.2, 0.25) is 0 Å². The number of benzene rings is 1. The van der Waals surface area contributed by atoms with Crippen LogP contribution in [0.4, 0.5) is 5.82 Å². The van der Waals surface area contributed by atoms with Crippen LogP contribution >= 0.6 is 0 Å². The lowest BCUT2D eigenvalue weighted by Crippen LogP contribution is -2.10. The van der Waals surface area contributed by atoms with Gasteiger partial charge in [-0.25, -0.2) is 9.97 Å². The van der Waals surface area contributed by atoms with E-state index in [4.69, 9.17) is 14.2 Å². The zero-order valence-electron chi connectivity index (χ0n) is 16.1. The summed E-state index contributed by atoms with van der Waals surface area (Å²) in [5.41, 5.74) is 5.05. The van der Waals surface area contributed by atoms with Crippen molar-refractivity contribution in [3.8, 4) is 5.75 Å². The molecule has 2 aromatic rings. The molecule has 144 valence electrons. The summed E-state index contributed by atoms with van der Waals surface area (Å²) in [6.45, 7) is 2.59. The summed E-state index contributed by atoms with van der Waals surface area (Å²) in [7, 11) is 3.40. The molecule has 4 rings (SSSR count). The molecule has 2 heterocycles. The van der Waals surface area contributed by atoms with Crippen molar-refractivity contribution in [2.45, 2.75) is 44.8 Å². The van der Waals surface area contributed by atoms with Gasteiger partial charge in [0, 0.05) is 37.8 Å². The minimum absolute atomic E-state index is 0.332. The number of nitrogens with one attached hydrogen (secondary N) is 1. The van der Waals surface area contributed by atoms with E-state index < -0.39 is 0 Å². The topological polar surface area (TPSA) is 65.5 Å². The van der Waals surface area contributed by atoms with Gasteiger partial charge in [-0.1, -0.05) is 6.07 Å². The van der Waals surface area contributed by atoms with E-state index in [1.807, 2.05) is 6.07 Å². The summed E-state index contributed by atoms with van der Waals surface area (Å²) in [6, 6.07) is 6.51. The number of ether oxygens (including phenoxy) is 3. The number of methoxy groups -OCH3 is 2. The average Bonchev–Trinajstić information content (AvgIpc) is 3.37. The summed E-state index contributed by atoms with van der Waals surface area (Å²) in [5, 5.41) is 3.46. The zero-order chi connectivity index (χ0) is 18.6. The van der Waals surface area contributed by atoms with E-state index in [1.165, 1.54) is 17.5 Å². The number of nitrogens with zero attached hydrogens (tertiary/aromatic N) is 2. The molecule has 1 saturated heterocycles. The number of hydrogen-bond donors (Lipinski definition) is 1. The quantitative estimate of drug-likeness (QED) is 0.808. The van der Waals surface area contributed by atoms with Crippen molar-refractivity contribution in [3.63, 3.8) is 0 Å². The van der Waals surface area contributed by atoms with Gasteiger partial charge >= 0.3 is 0 Å². The molecule has 6 nitrogen and oxygen atoms in total. The second-order valence-corrected chi connectivity index (χ2v) is 7.23. The fraction of sp³-hybridized carbons (Fsp3) is 0.524. The summed E-state index contributed by atoms with van der Waals surface area (Å²) in [6.07, 6.45) is 4.54. The Morgan fingerprint density at radius 1 is 1.15 bits per heavy atom. The number of aryl methyl sites for hydroxylation is 2. The third-order valence-electron chi connectivity index (χ3n) is 5.37. The van der Waals surface area contributed by atoms with Crippen LogP contribution in [0.2, 0.25) is 0 Å². The molecule has 1 N–H and O–H groups in total. The standard InChI is InChI=1S/C21H27N3O3/c1-25-13-21-23-18(16-6-7-27-12-16)10-20(24-21)22-11-17-8-14-4-3-5-15(14)9-19(17)26-2/h8-10,16H,3-7,11-13H2,1-2H3,(H,22,23,24). The van der Waals surface area contributed by atoms with Crippen molar-refractivity contribution in [1.82, 2.24) is 9.97 Å². The number of rotatable bonds is 7. The molecule has 0 saturated carbocycles. The third-order valence-corrected chi connectivity index (χ3v) is 5.37. The van der Waals surface area contributed by atoms with E-state index in [0.717, 1.165) is 55.3 Å². The van der Waals surface area contributed by atoms with Crippen LogP contribution in [0.1, 0.15) is 47.0 Å². The smallest absolute Gasteiger partial charge is 0.156 e. The summed E-state index contributed by atoms with van der Waals surface area (Å²) >= 11 is 0. The highest BCUT2D eigenvalue weighted by Crippen LogP contribution is 2.31. The first-order valence-electron chi connectivity index (χ1n) is 9.64. The molecule has 1 fully saturated rings. The van der Waals surface area contributed by atoms with Gasteiger partial charge in [0.1, 0.15) is 18.2 Å². The SMILES string of the molecule is COCc1nc(NCc2cc3c(cc2OC)CCC3)cc(C2CCOC2)n1. The minimum Gasteiger partial charge on any atom is -0.496 e. The van der Waals surface area contributed by atoms with Gasteiger partial charge in [0.05, 0.1) is 19.4 Å². The molecule has 1 aliphatic heterocycles. The van der Waals surface area contributed by atoms with Crippen LogP contribution in [0.25, 0.3) is 0 Å². The molecule has 1 atom stereocenters. The Hall–Kier alpha value is -2.18. The van der Waals surface area contributed by atoms with Gasteiger partial charge in [-0.2, -0.15) is 0 Å². The Labute approximate surface area is 160 Å². The molecule has 0 radical (unpaired) electrons. The molecule has 6 heteroatoms. The van der Waals surface area contributed by atoms with Crippen LogP contribution in [0.5, 0.6) is 5.75 Å². The van der Waals surface area contributed by atoms with E-state index in [9.17, 15) is 0 Å². The Balaban J connectivity index is 1.55. The molecule has 0 spiro atoms. The van der Waals surface area contributed by atoms with Gasteiger partial charge in [-0.15, -0.1) is 0 Å². The van der Waals surface area contributed by atoms with Crippen molar-refractivity contribution < 1.29 is 14.2 Å². The Bertz CT molecular complexity index is 803. The average molecular weight is 369 g/mol. The maximum Gasteiger partial charge on any atom is 0.156 e. The van der Waals surface area contributed by atoms with E-state index in [-0.39, 0.29) is 0 Å². The van der Waals surface area contributed by atoms with Gasteiger partial charge < -0.3 is 19.5 Å². The van der Waals surface area contributed by atoms with Gasteiger partial charge in [-0.3, -0.25) is 0 Å². The van der Waals surface area contributed by atoms with Crippen LogP contribution in [0.3, 0.4) is 0 Å². The second kappa shape index (κ2) is 8.23. The molecule has 0 bridgehead atoms. The molecule has 2 aliphatic rings. The van der Waals surface area contributed by atoms with Crippen molar-refractivity contribution >= 4 is 5.82 Å². The lowest BCUT2D eigenvalue weighted by molar-refractivity contribution is 0.177. The first-order valence-corrected chi connectivity index (χ1v) is 9.64. The first-order chi connectivity index (χ1) is 13.3. The largest absolute Gasteiger partial charge is 0.496 e. The molecule has 1 unspecified atom stereocenters. The Morgan fingerprint density at radius 2 is 2.00 bits per heavy atom. The van der Waals surface area contributed by atoms with Gasteiger partial charge in [0.15, 0.2) is 5.82 Å². The summed E-state index contributed by atoms with van der Waals surface area (Å²) < 4.78 is 16.4. The highest BCUT2D eigenvalue weighted by atomic mass is 16.5. The Morgan fingerprint density at radius 3 is 2.74 bits per heavy atom. The van der Waals surface area contributed by atoms with Crippen molar-refractivity contribution in [2.75, 3.05) is 32.8 Å². The summed E-state index contributed by atoms with van der Waals surface area (Å²) in [4.78, 5) is 9.27. The molecule has 27 heavy (non-hydrogen) atoms. The molecule has 1 aromatic carbocycles. The Kier molecular flexibility index (Phi) is 5.55. The lowest BCUT2D eigenvalue weighted by atomic mass is 10.0. The van der Waals surface area contributed by atoms with Gasteiger partial charge in [-0.05, 0) is 42.9 Å². The van der Waals surface area contributed by atoms with E-state index >= 15 is 0 Å². The van der Waals surface area contributed by atoms with E-state index in [0.29, 0.717) is 24.9 Å². The molecule has 1 aliphatic carbocycles. The fourth-order valence-corrected chi connectivity index (χ4v) is 3.95. The third kappa shape index (κ3) is 4.06. The predicted octanol–water partition coefficient (Wildman–Crippen LogP) is 3.24. The number of aromatic nitrogens is 2. The second-order valence-electron chi connectivity index (χ2n) is 7.23. The van der Waals surface area contributed by atoms with E-state index in [2.05, 4.69) is 27.4 Å². The van der Waals surface area contributed by atoms with Crippen LogP contribution in [0.15, 0.2) is 18.2 Å². The monoisotopic (exact) mass is 369 g/mol. The van der Waals surface area contributed by atoms with Gasteiger partial charge in [0.25, 0.3) is 0 Å². The molecular weight excluding hydrogens is 342 g/mol. The van der Waals surface area contributed by atoms with Crippen molar-refractivity contribution in [2.24, 2.45) is 0 Å². The number of anilines is 1. The highest BCUT2D eigenvalue weighted by molar-refractivity contribution is 5.47. The van der Waals surface area contributed by atoms with Crippen LogP contribution < -0.4 is 10.1 Å². The van der Waals surface area contributed by atoms with Crippen molar-refractivity contribution in [3.05, 3.63) is 46.4 Å². The number of hydrogen-bond acceptors (Lipinski definition) is 6. The highest BCUT2D eigenvalue weighted by Gasteiger charge is 2.21. The first kappa shape index (κ1) is 18.2. The van der Waals surface area contributed by atoms with E-state index in [1.54, 1.807) is 14.2 Å². The van der Waals surface area contributed by atoms with Crippen LogP contribution in [-0.2, 0) is 35.5 Å².